The first-order valence-electron chi connectivity index (χ1n) is 4.84. The van der Waals surface area contributed by atoms with E-state index in [1.54, 1.807) is 0 Å². The average molecular weight is 211 g/mol. The van der Waals surface area contributed by atoms with Gasteiger partial charge >= 0.3 is 6.18 Å². The summed E-state index contributed by atoms with van der Waals surface area (Å²) in [6.07, 6.45) is -3.12. The van der Waals surface area contributed by atoms with E-state index in [4.69, 9.17) is 4.74 Å². The standard InChI is InChI=1S/C9H16F3NO/c1-3-4-7-5-13-6-8(2,14-7)9(10,11)12/h7,13H,3-6H2,1-2H3. The summed E-state index contributed by atoms with van der Waals surface area (Å²) in [5.41, 5.74) is -2.02. The van der Waals surface area contributed by atoms with Crippen molar-refractivity contribution in [2.45, 2.75) is 44.6 Å². The van der Waals surface area contributed by atoms with Gasteiger partial charge in [-0.3, -0.25) is 0 Å². The fourth-order valence-corrected chi connectivity index (χ4v) is 1.57. The Morgan fingerprint density at radius 3 is 2.64 bits per heavy atom. The monoisotopic (exact) mass is 211 g/mol. The molecule has 1 rings (SSSR count). The molecule has 2 atom stereocenters. The normalized spacial score (nSPS) is 34.5. The van der Waals surface area contributed by atoms with Gasteiger partial charge in [0.05, 0.1) is 6.10 Å². The highest BCUT2D eigenvalue weighted by Crippen LogP contribution is 2.35. The molecule has 1 fully saturated rings. The van der Waals surface area contributed by atoms with E-state index < -0.39 is 11.8 Å². The van der Waals surface area contributed by atoms with Crippen LogP contribution in [0.5, 0.6) is 0 Å². The molecule has 1 saturated heterocycles. The van der Waals surface area contributed by atoms with Crippen molar-refractivity contribution in [1.82, 2.24) is 5.32 Å². The smallest absolute Gasteiger partial charge is 0.360 e. The summed E-state index contributed by atoms with van der Waals surface area (Å²) < 4.78 is 42.8. The Morgan fingerprint density at radius 1 is 1.50 bits per heavy atom. The minimum atomic E-state index is -4.30. The number of ether oxygens (including phenoxy) is 1. The van der Waals surface area contributed by atoms with E-state index >= 15 is 0 Å². The summed E-state index contributed by atoms with van der Waals surface area (Å²) in [5.74, 6) is 0. The Balaban J connectivity index is 2.62. The van der Waals surface area contributed by atoms with Gasteiger partial charge in [0.15, 0.2) is 5.60 Å². The lowest BCUT2D eigenvalue weighted by molar-refractivity contribution is -0.291. The van der Waals surface area contributed by atoms with Gasteiger partial charge in [0, 0.05) is 13.1 Å². The lowest BCUT2D eigenvalue weighted by atomic mass is 10.0. The molecular weight excluding hydrogens is 195 g/mol. The van der Waals surface area contributed by atoms with Crippen LogP contribution in [-0.4, -0.2) is 31.0 Å². The van der Waals surface area contributed by atoms with Crippen molar-refractivity contribution >= 4 is 0 Å². The zero-order valence-electron chi connectivity index (χ0n) is 8.45. The van der Waals surface area contributed by atoms with Gasteiger partial charge in [-0.25, -0.2) is 0 Å². The van der Waals surface area contributed by atoms with Crippen LogP contribution in [0.3, 0.4) is 0 Å². The van der Waals surface area contributed by atoms with Gasteiger partial charge in [-0.05, 0) is 13.3 Å². The highest BCUT2D eigenvalue weighted by atomic mass is 19.4. The molecule has 0 spiro atoms. The van der Waals surface area contributed by atoms with E-state index in [0.29, 0.717) is 13.0 Å². The Kier molecular flexibility index (Phi) is 3.42. The number of nitrogens with one attached hydrogen (secondary N) is 1. The molecule has 1 aliphatic heterocycles. The largest absolute Gasteiger partial charge is 0.418 e. The van der Waals surface area contributed by atoms with Crippen LogP contribution < -0.4 is 5.32 Å². The summed E-state index contributed by atoms with van der Waals surface area (Å²) in [5, 5.41) is 2.77. The van der Waals surface area contributed by atoms with Crippen molar-refractivity contribution in [2.75, 3.05) is 13.1 Å². The molecule has 84 valence electrons. The van der Waals surface area contributed by atoms with Crippen LogP contribution in [0.25, 0.3) is 0 Å². The van der Waals surface area contributed by atoms with E-state index in [0.717, 1.165) is 13.3 Å². The zero-order chi connectivity index (χ0) is 10.8. The van der Waals surface area contributed by atoms with Gasteiger partial charge in [-0.15, -0.1) is 0 Å². The number of hydrogen-bond acceptors (Lipinski definition) is 2. The van der Waals surface area contributed by atoms with E-state index in [1.165, 1.54) is 0 Å². The Bertz CT molecular complexity index is 193. The summed E-state index contributed by atoms with van der Waals surface area (Å²) >= 11 is 0. The molecular formula is C9H16F3NO. The van der Waals surface area contributed by atoms with Crippen LogP contribution in [0.2, 0.25) is 0 Å². The summed E-state index contributed by atoms with van der Waals surface area (Å²) in [4.78, 5) is 0. The van der Waals surface area contributed by atoms with Crippen molar-refractivity contribution in [3.63, 3.8) is 0 Å². The summed E-state index contributed by atoms with van der Waals surface area (Å²) in [6.45, 7) is 3.39. The maximum Gasteiger partial charge on any atom is 0.418 e. The highest BCUT2D eigenvalue weighted by molar-refractivity contribution is 4.91. The third-order valence-electron chi connectivity index (χ3n) is 2.47. The lowest BCUT2D eigenvalue weighted by Crippen LogP contribution is -2.59. The van der Waals surface area contributed by atoms with E-state index in [-0.39, 0.29) is 12.6 Å². The predicted octanol–water partition coefficient (Wildman–Crippen LogP) is 2.10. The molecule has 1 aliphatic rings. The summed E-state index contributed by atoms with van der Waals surface area (Å²) in [7, 11) is 0. The lowest BCUT2D eigenvalue weighted by Gasteiger charge is -2.40. The minimum Gasteiger partial charge on any atom is -0.360 e. The first-order valence-corrected chi connectivity index (χ1v) is 4.84. The van der Waals surface area contributed by atoms with Gasteiger partial charge in [0.25, 0.3) is 0 Å². The third-order valence-corrected chi connectivity index (χ3v) is 2.47. The predicted molar refractivity (Wildman–Crippen MR) is 47.1 cm³/mol. The molecule has 0 aromatic carbocycles. The van der Waals surface area contributed by atoms with Crippen molar-refractivity contribution in [3.8, 4) is 0 Å². The van der Waals surface area contributed by atoms with Gasteiger partial charge in [0.2, 0.25) is 0 Å². The van der Waals surface area contributed by atoms with E-state index in [2.05, 4.69) is 5.32 Å². The first-order chi connectivity index (χ1) is 6.39. The number of alkyl halides is 3. The fraction of sp³-hybridized carbons (Fsp3) is 1.00. The molecule has 5 heteroatoms. The molecule has 0 aromatic heterocycles. The molecule has 0 bridgehead atoms. The second-order valence-electron chi connectivity index (χ2n) is 3.89. The summed E-state index contributed by atoms with van der Waals surface area (Å²) in [6, 6.07) is 0. The number of rotatable bonds is 2. The second kappa shape index (κ2) is 4.06. The third kappa shape index (κ3) is 2.39. The Hall–Kier alpha value is -0.290. The van der Waals surface area contributed by atoms with Crippen molar-refractivity contribution in [1.29, 1.82) is 0 Å². The van der Waals surface area contributed by atoms with Gasteiger partial charge in [-0.1, -0.05) is 13.3 Å². The van der Waals surface area contributed by atoms with Crippen LogP contribution in [-0.2, 0) is 4.74 Å². The van der Waals surface area contributed by atoms with Gasteiger partial charge in [0.1, 0.15) is 0 Å². The number of halogens is 3. The van der Waals surface area contributed by atoms with Crippen LogP contribution in [0.1, 0.15) is 26.7 Å². The fourth-order valence-electron chi connectivity index (χ4n) is 1.57. The average Bonchev–Trinajstić information content (AvgIpc) is 2.03. The maximum absolute atomic E-state index is 12.6. The number of hydrogen-bond donors (Lipinski definition) is 1. The van der Waals surface area contributed by atoms with Crippen LogP contribution in [0, 0.1) is 0 Å². The van der Waals surface area contributed by atoms with E-state index in [9.17, 15) is 13.2 Å². The van der Waals surface area contributed by atoms with Crippen LogP contribution in [0.15, 0.2) is 0 Å². The highest BCUT2D eigenvalue weighted by Gasteiger charge is 2.54. The molecule has 1 heterocycles. The van der Waals surface area contributed by atoms with Crippen molar-refractivity contribution < 1.29 is 17.9 Å². The molecule has 2 nitrogen and oxygen atoms in total. The molecule has 0 aromatic rings. The van der Waals surface area contributed by atoms with Gasteiger partial charge in [-0.2, -0.15) is 13.2 Å². The Labute approximate surface area is 81.8 Å². The van der Waals surface area contributed by atoms with Crippen molar-refractivity contribution in [2.24, 2.45) is 0 Å². The molecule has 0 radical (unpaired) electrons. The second-order valence-corrected chi connectivity index (χ2v) is 3.89. The molecule has 14 heavy (non-hydrogen) atoms. The maximum atomic E-state index is 12.6. The van der Waals surface area contributed by atoms with Crippen molar-refractivity contribution in [3.05, 3.63) is 0 Å². The van der Waals surface area contributed by atoms with Crippen LogP contribution in [0.4, 0.5) is 13.2 Å². The first kappa shape index (κ1) is 11.8. The number of morpholine rings is 1. The zero-order valence-corrected chi connectivity index (χ0v) is 8.45. The van der Waals surface area contributed by atoms with Gasteiger partial charge < -0.3 is 10.1 Å². The molecule has 2 unspecified atom stereocenters. The molecule has 0 saturated carbocycles. The quantitative estimate of drug-likeness (QED) is 0.755. The minimum absolute atomic E-state index is 0.156. The molecule has 0 aliphatic carbocycles. The SMILES string of the molecule is CCCC1CNCC(C)(C(F)(F)F)O1. The molecule has 0 amide bonds. The topological polar surface area (TPSA) is 21.3 Å². The van der Waals surface area contributed by atoms with Crippen LogP contribution >= 0.6 is 0 Å². The molecule has 1 N–H and O–H groups in total. The van der Waals surface area contributed by atoms with E-state index in [1.807, 2.05) is 6.92 Å². The Morgan fingerprint density at radius 2 is 2.14 bits per heavy atom.